The van der Waals surface area contributed by atoms with Gasteiger partial charge in [-0.1, -0.05) is 54.4 Å². The lowest BCUT2D eigenvalue weighted by molar-refractivity contribution is -0.150. The molecule has 0 N–H and O–H groups in total. The number of benzene rings is 1. The Bertz CT molecular complexity index is 377. The van der Waals surface area contributed by atoms with E-state index < -0.39 is 0 Å². The van der Waals surface area contributed by atoms with Crippen LogP contribution in [0, 0.1) is 0 Å². The Labute approximate surface area is 118 Å². The Hall–Kier alpha value is -0.830. The van der Waals surface area contributed by atoms with Crippen molar-refractivity contribution in [3.05, 3.63) is 34.3 Å². The van der Waals surface area contributed by atoms with Gasteiger partial charge >= 0.3 is 5.97 Å². The minimum Gasteiger partial charge on any atom is -0.457 e. The zero-order valence-electron chi connectivity index (χ0n) is 11.1. The van der Waals surface area contributed by atoms with Crippen LogP contribution in [0.15, 0.2) is 28.7 Å². The molecule has 0 saturated heterocycles. The third-order valence-electron chi connectivity index (χ3n) is 2.80. The summed E-state index contributed by atoms with van der Waals surface area (Å²) in [6.07, 6.45) is 4.24. The Morgan fingerprint density at radius 3 is 2.61 bits per heavy atom. The fraction of sp³-hybridized carbons (Fsp3) is 0.533. The van der Waals surface area contributed by atoms with Crippen molar-refractivity contribution in [2.24, 2.45) is 0 Å². The summed E-state index contributed by atoms with van der Waals surface area (Å²) in [5.41, 5.74) is 1.07. The number of esters is 1. The van der Waals surface area contributed by atoms with Crippen LogP contribution in [0.3, 0.4) is 0 Å². The summed E-state index contributed by atoms with van der Waals surface area (Å²) < 4.78 is 6.60. The zero-order valence-corrected chi connectivity index (χ0v) is 12.7. The average Bonchev–Trinajstić information content (AvgIpc) is 2.35. The summed E-state index contributed by atoms with van der Waals surface area (Å²) in [5, 5.41) is 0. The van der Waals surface area contributed by atoms with Crippen LogP contribution in [0.2, 0.25) is 0 Å². The number of hydrogen-bond donors (Lipinski definition) is 0. The standard InChI is InChI=1S/C15H21BrO2/c1-3-5-11-14(18-15(17)8-4-2)12-9-6-7-10-13(12)16/h6-7,9-10,14H,3-5,8,11H2,1-2H3/t14-/m0/s1. The van der Waals surface area contributed by atoms with E-state index in [-0.39, 0.29) is 12.1 Å². The number of carbonyl (C=O) groups is 1. The lowest BCUT2D eigenvalue weighted by Gasteiger charge is -2.19. The number of carbonyl (C=O) groups excluding carboxylic acids is 1. The van der Waals surface area contributed by atoms with Crippen molar-refractivity contribution in [3.63, 3.8) is 0 Å². The molecule has 1 aromatic carbocycles. The first-order valence-corrected chi connectivity index (χ1v) is 7.42. The van der Waals surface area contributed by atoms with Crippen LogP contribution in [0.25, 0.3) is 0 Å². The summed E-state index contributed by atoms with van der Waals surface area (Å²) in [6.45, 7) is 4.13. The number of ether oxygens (including phenoxy) is 1. The van der Waals surface area contributed by atoms with Crippen molar-refractivity contribution < 1.29 is 9.53 Å². The predicted octanol–water partition coefficient (Wildman–Crippen LogP) is 5.02. The van der Waals surface area contributed by atoms with Crippen molar-refractivity contribution in [1.82, 2.24) is 0 Å². The van der Waals surface area contributed by atoms with Crippen LogP contribution < -0.4 is 0 Å². The number of rotatable bonds is 7. The molecule has 0 heterocycles. The van der Waals surface area contributed by atoms with E-state index >= 15 is 0 Å². The average molecular weight is 313 g/mol. The van der Waals surface area contributed by atoms with Crippen molar-refractivity contribution >= 4 is 21.9 Å². The first-order valence-electron chi connectivity index (χ1n) is 6.62. The molecule has 18 heavy (non-hydrogen) atoms. The van der Waals surface area contributed by atoms with E-state index in [4.69, 9.17) is 4.74 Å². The highest BCUT2D eigenvalue weighted by molar-refractivity contribution is 9.10. The molecule has 0 unspecified atom stereocenters. The SMILES string of the molecule is CCCC[C@H](OC(=O)CCC)c1ccccc1Br. The Morgan fingerprint density at radius 1 is 1.28 bits per heavy atom. The molecular formula is C15H21BrO2. The molecule has 1 aromatic rings. The highest BCUT2D eigenvalue weighted by Gasteiger charge is 2.17. The lowest BCUT2D eigenvalue weighted by atomic mass is 10.0. The lowest BCUT2D eigenvalue weighted by Crippen LogP contribution is -2.11. The van der Waals surface area contributed by atoms with Crippen LogP contribution in [0.4, 0.5) is 0 Å². The number of hydrogen-bond acceptors (Lipinski definition) is 2. The molecule has 0 aliphatic rings. The van der Waals surface area contributed by atoms with Crippen molar-refractivity contribution in [3.8, 4) is 0 Å². The molecule has 0 bridgehead atoms. The summed E-state index contributed by atoms with van der Waals surface area (Å²) in [5.74, 6) is -0.102. The highest BCUT2D eigenvalue weighted by Crippen LogP contribution is 2.30. The van der Waals surface area contributed by atoms with Gasteiger partial charge in [-0.3, -0.25) is 4.79 Å². The maximum absolute atomic E-state index is 11.7. The smallest absolute Gasteiger partial charge is 0.306 e. The van der Waals surface area contributed by atoms with E-state index in [0.717, 1.165) is 35.7 Å². The first-order chi connectivity index (χ1) is 8.69. The van der Waals surface area contributed by atoms with Crippen molar-refractivity contribution in [2.75, 3.05) is 0 Å². The van der Waals surface area contributed by atoms with E-state index in [1.807, 2.05) is 31.2 Å². The topological polar surface area (TPSA) is 26.3 Å². The first kappa shape index (κ1) is 15.2. The summed E-state index contributed by atoms with van der Waals surface area (Å²) in [7, 11) is 0. The van der Waals surface area contributed by atoms with Crippen LogP contribution in [-0.4, -0.2) is 5.97 Å². The molecule has 2 nitrogen and oxygen atoms in total. The van der Waals surface area contributed by atoms with Crippen LogP contribution in [-0.2, 0) is 9.53 Å². The van der Waals surface area contributed by atoms with Gasteiger partial charge in [-0.25, -0.2) is 0 Å². The monoisotopic (exact) mass is 312 g/mol. The number of halogens is 1. The highest BCUT2D eigenvalue weighted by atomic mass is 79.9. The molecule has 3 heteroatoms. The quantitative estimate of drug-likeness (QED) is 0.660. The second-order valence-electron chi connectivity index (χ2n) is 4.39. The second kappa shape index (κ2) is 8.30. The molecule has 0 fully saturated rings. The molecule has 1 rings (SSSR count). The summed E-state index contributed by atoms with van der Waals surface area (Å²) >= 11 is 3.53. The zero-order chi connectivity index (χ0) is 13.4. The second-order valence-corrected chi connectivity index (χ2v) is 5.25. The van der Waals surface area contributed by atoms with Gasteiger partial charge in [0, 0.05) is 16.5 Å². The van der Waals surface area contributed by atoms with E-state index in [0.29, 0.717) is 6.42 Å². The maximum Gasteiger partial charge on any atom is 0.306 e. The van der Waals surface area contributed by atoms with Gasteiger partial charge in [0.05, 0.1) is 0 Å². The molecule has 0 aromatic heterocycles. The Kier molecular flexibility index (Phi) is 7.02. The summed E-state index contributed by atoms with van der Waals surface area (Å²) in [6, 6.07) is 7.95. The molecule has 1 atom stereocenters. The molecule has 0 aliphatic heterocycles. The van der Waals surface area contributed by atoms with E-state index in [9.17, 15) is 4.79 Å². The molecule has 100 valence electrons. The van der Waals surface area contributed by atoms with Gasteiger partial charge in [0.15, 0.2) is 0 Å². The van der Waals surface area contributed by atoms with Crippen molar-refractivity contribution in [1.29, 1.82) is 0 Å². The van der Waals surface area contributed by atoms with Gasteiger partial charge in [0.2, 0.25) is 0 Å². The van der Waals surface area contributed by atoms with Gasteiger partial charge < -0.3 is 4.74 Å². The third kappa shape index (κ3) is 4.81. The maximum atomic E-state index is 11.7. The summed E-state index contributed by atoms with van der Waals surface area (Å²) in [4.78, 5) is 11.7. The van der Waals surface area contributed by atoms with Gasteiger partial charge in [0.25, 0.3) is 0 Å². The molecule has 0 saturated carbocycles. The molecule has 0 aliphatic carbocycles. The molecular weight excluding hydrogens is 292 g/mol. The van der Waals surface area contributed by atoms with Gasteiger partial charge in [-0.2, -0.15) is 0 Å². The predicted molar refractivity (Wildman–Crippen MR) is 77.4 cm³/mol. The largest absolute Gasteiger partial charge is 0.457 e. The van der Waals surface area contributed by atoms with Crippen LogP contribution >= 0.6 is 15.9 Å². The Morgan fingerprint density at radius 2 is 2.00 bits per heavy atom. The molecule has 0 spiro atoms. The van der Waals surface area contributed by atoms with E-state index in [1.54, 1.807) is 0 Å². The van der Waals surface area contributed by atoms with Crippen LogP contribution in [0.5, 0.6) is 0 Å². The fourth-order valence-electron chi connectivity index (χ4n) is 1.83. The van der Waals surface area contributed by atoms with Gasteiger partial charge in [-0.05, 0) is 25.3 Å². The minimum atomic E-state index is -0.125. The number of unbranched alkanes of at least 4 members (excludes halogenated alkanes) is 1. The molecule has 0 radical (unpaired) electrons. The Balaban J connectivity index is 2.77. The minimum absolute atomic E-state index is 0.102. The van der Waals surface area contributed by atoms with Crippen molar-refractivity contribution in [2.45, 2.75) is 52.1 Å². The van der Waals surface area contributed by atoms with E-state index in [2.05, 4.69) is 22.9 Å². The van der Waals surface area contributed by atoms with Crippen LogP contribution in [0.1, 0.15) is 57.6 Å². The third-order valence-corrected chi connectivity index (χ3v) is 3.52. The molecule has 0 amide bonds. The normalized spacial score (nSPS) is 12.2. The van der Waals surface area contributed by atoms with Gasteiger partial charge in [0.1, 0.15) is 6.10 Å². The van der Waals surface area contributed by atoms with Gasteiger partial charge in [-0.15, -0.1) is 0 Å². The van der Waals surface area contributed by atoms with E-state index in [1.165, 1.54) is 0 Å². The fourth-order valence-corrected chi connectivity index (χ4v) is 2.37.